The van der Waals surface area contributed by atoms with Gasteiger partial charge < -0.3 is 21.3 Å². The molecule has 0 unspecified atom stereocenters. The van der Waals surface area contributed by atoms with E-state index in [1.54, 1.807) is 0 Å². The molecule has 0 aromatic heterocycles. The van der Waals surface area contributed by atoms with E-state index in [-0.39, 0.29) is 26.2 Å². The van der Waals surface area contributed by atoms with Crippen LogP contribution < -0.4 is 5.19 Å². The van der Waals surface area contributed by atoms with Crippen molar-refractivity contribution >= 4 is 15.0 Å². The summed E-state index contributed by atoms with van der Waals surface area (Å²) >= 11 is 0. The molecule has 3 N–H and O–H groups in total. The minimum atomic E-state index is -1.37. The molecule has 6 heteroatoms. The molecular weight excluding hydrogens is 276 g/mol. The van der Waals surface area contributed by atoms with Crippen molar-refractivity contribution in [2.24, 2.45) is 0 Å². The molecule has 0 bridgehead atoms. The van der Waals surface area contributed by atoms with E-state index in [1.807, 2.05) is 24.3 Å². The molecule has 0 aliphatic heterocycles. The van der Waals surface area contributed by atoms with Crippen LogP contribution in [0.3, 0.4) is 0 Å². The van der Waals surface area contributed by atoms with E-state index >= 15 is 0 Å². The molecule has 0 amide bonds. The fraction of sp³-hybridized carbons (Fsp3) is 0.375. The van der Waals surface area contributed by atoms with Gasteiger partial charge in [-0.1, -0.05) is 0 Å². The zero-order valence-electron chi connectivity index (χ0n) is 8.89. The maximum atomic E-state index is 11.7. The third-order valence-electron chi connectivity index (χ3n) is 0.886. The molecule has 0 fully saturated rings. The number of hydrogen-bond donors (Lipinski definition) is 0. The molecule has 1 aromatic rings. The minimum Gasteiger partial charge on any atom is -0.680 e. The molecule has 0 saturated heterocycles. The molecule has 14 heavy (non-hydrogen) atoms. The van der Waals surface area contributed by atoms with E-state index < -0.39 is 9.85 Å². The first-order valence-corrected chi connectivity index (χ1v) is 4.94. The molecule has 80 valence electrons. The van der Waals surface area contributed by atoms with E-state index in [1.165, 1.54) is 21.1 Å². The van der Waals surface area contributed by atoms with Gasteiger partial charge >= 0.3 is 26.2 Å². The number of hydrogen-bond acceptors (Lipinski definition) is 0. The Labute approximate surface area is 108 Å². The van der Waals surface area contributed by atoms with Crippen molar-refractivity contribution in [1.82, 2.24) is 0 Å². The first kappa shape index (κ1) is 23.8. The summed E-state index contributed by atoms with van der Waals surface area (Å²) in [4.78, 5) is 0. The predicted molar refractivity (Wildman–Crippen MR) is 62.1 cm³/mol. The van der Waals surface area contributed by atoms with Crippen molar-refractivity contribution in [1.29, 1.82) is 0 Å². The molecule has 0 radical (unpaired) electrons. The Bertz CT molecular complexity index is 139. The quantitative estimate of drug-likeness (QED) is 0.432. The summed E-state index contributed by atoms with van der Waals surface area (Å²) in [5.41, 5.74) is 17.2. The van der Waals surface area contributed by atoms with Gasteiger partial charge in [-0.3, -0.25) is 0 Å². The summed E-state index contributed by atoms with van der Waals surface area (Å²) in [5, 5.41) is 0.903. The SMILES string of the molecule is C[NH-].C[NH-].C[NH-].F[SiH2][c-]1cccc1.[Zr+4]. The maximum absolute atomic E-state index is 11.7. The van der Waals surface area contributed by atoms with Gasteiger partial charge in [0, 0.05) is 0 Å². The Morgan fingerprint density at radius 2 is 1.21 bits per heavy atom. The second kappa shape index (κ2) is 29.2. The standard InChI is InChI=1S/C5H6FSi.3CH4N.Zr/c6-7-5-3-1-2-4-5;3*1-2;/h1-4H,7H2;3*2H,1H3;/q4*-1;+4. The van der Waals surface area contributed by atoms with E-state index in [0.717, 1.165) is 5.19 Å². The Kier molecular flexibility index (Phi) is 49.7. The monoisotopic (exact) mass is 293 g/mol. The van der Waals surface area contributed by atoms with E-state index in [9.17, 15) is 4.11 Å². The van der Waals surface area contributed by atoms with Gasteiger partial charge in [0.25, 0.3) is 0 Å². The summed E-state index contributed by atoms with van der Waals surface area (Å²) in [6, 6.07) is 7.38. The molecule has 0 heterocycles. The molecule has 1 rings (SSSR count). The van der Waals surface area contributed by atoms with E-state index in [2.05, 4.69) is 0 Å². The van der Waals surface area contributed by atoms with Crippen molar-refractivity contribution in [3.05, 3.63) is 41.5 Å². The second-order valence-electron chi connectivity index (χ2n) is 1.43. The molecule has 0 aliphatic rings. The molecule has 0 aliphatic carbocycles. The predicted octanol–water partition coefficient (Wildman–Crippen LogP) is 2.09. The first-order chi connectivity index (χ1) is 6.43. The van der Waals surface area contributed by atoms with Gasteiger partial charge in [-0.25, -0.2) is 12.1 Å². The molecule has 0 saturated carbocycles. The van der Waals surface area contributed by atoms with Crippen LogP contribution in [0.2, 0.25) is 0 Å². The largest absolute Gasteiger partial charge is 4.00 e. The normalized spacial score (nSPS) is 6.79. The first-order valence-electron chi connectivity index (χ1n) is 3.70. The average molecular weight is 295 g/mol. The Morgan fingerprint density at radius 1 is 0.929 bits per heavy atom. The van der Waals surface area contributed by atoms with Crippen LogP contribution in [0, 0.1) is 0 Å². The van der Waals surface area contributed by atoms with Crippen molar-refractivity contribution in [3.8, 4) is 0 Å². The van der Waals surface area contributed by atoms with Gasteiger partial charge in [-0.05, 0) is 0 Å². The van der Waals surface area contributed by atoms with Crippen LogP contribution >= 0.6 is 0 Å². The molecule has 0 atom stereocenters. The summed E-state index contributed by atoms with van der Waals surface area (Å²) in [6.45, 7) is 0. The maximum Gasteiger partial charge on any atom is 4.00 e. The Morgan fingerprint density at radius 3 is 1.36 bits per heavy atom. The van der Waals surface area contributed by atoms with Crippen LogP contribution in [0.1, 0.15) is 0 Å². The summed E-state index contributed by atoms with van der Waals surface area (Å²) in [6.07, 6.45) is 0. The Balaban J connectivity index is -0.0000000625. The van der Waals surface area contributed by atoms with E-state index in [0.29, 0.717) is 0 Å². The number of rotatable bonds is 1. The van der Waals surface area contributed by atoms with Gasteiger partial charge in [-0.2, -0.15) is 33.3 Å². The van der Waals surface area contributed by atoms with Crippen molar-refractivity contribution in [2.75, 3.05) is 21.1 Å². The fourth-order valence-corrected chi connectivity index (χ4v) is 0.953. The number of halogens is 1. The van der Waals surface area contributed by atoms with Crippen molar-refractivity contribution in [3.63, 3.8) is 0 Å². The van der Waals surface area contributed by atoms with Gasteiger partial charge in [0.1, 0.15) is 0 Å². The summed E-state index contributed by atoms with van der Waals surface area (Å²) in [7, 11) is 2.38. The van der Waals surface area contributed by atoms with E-state index in [4.69, 9.17) is 17.2 Å². The molecular formula is C8H18FN3SiZr. The van der Waals surface area contributed by atoms with Gasteiger partial charge in [-0.15, -0.1) is 5.19 Å². The smallest absolute Gasteiger partial charge is 0.680 e. The molecule has 0 spiro atoms. The van der Waals surface area contributed by atoms with Crippen LogP contribution in [0.4, 0.5) is 4.11 Å². The van der Waals surface area contributed by atoms with Crippen LogP contribution in [-0.2, 0) is 26.2 Å². The van der Waals surface area contributed by atoms with Crippen LogP contribution in [0.5, 0.6) is 0 Å². The van der Waals surface area contributed by atoms with Crippen LogP contribution in [0.15, 0.2) is 24.3 Å². The zero-order chi connectivity index (χ0) is 11.1. The van der Waals surface area contributed by atoms with Crippen LogP contribution in [0.25, 0.3) is 17.2 Å². The Hall–Kier alpha value is 0.260. The van der Waals surface area contributed by atoms with Crippen molar-refractivity contribution < 1.29 is 30.3 Å². The summed E-state index contributed by atoms with van der Waals surface area (Å²) < 4.78 is 11.7. The van der Waals surface area contributed by atoms with Gasteiger partial charge in [0.2, 0.25) is 0 Å². The third kappa shape index (κ3) is 18.1. The number of nitrogens with one attached hydrogen (secondary N) is 3. The zero-order valence-corrected chi connectivity index (χ0v) is 12.8. The van der Waals surface area contributed by atoms with Crippen molar-refractivity contribution in [2.45, 2.75) is 0 Å². The summed E-state index contributed by atoms with van der Waals surface area (Å²) in [5.74, 6) is 0. The molecule has 1 aromatic carbocycles. The average Bonchev–Trinajstić information content (AvgIpc) is 2.79. The third-order valence-corrected chi connectivity index (χ3v) is 1.67. The molecule has 3 nitrogen and oxygen atoms in total. The van der Waals surface area contributed by atoms with Gasteiger partial charge in [0.05, 0.1) is 0 Å². The second-order valence-corrected chi connectivity index (χ2v) is 2.51. The fourth-order valence-electron chi connectivity index (χ4n) is 0.503. The van der Waals surface area contributed by atoms with Crippen LogP contribution in [-0.4, -0.2) is 31.0 Å². The van der Waals surface area contributed by atoms with Gasteiger partial charge in [0.15, 0.2) is 9.85 Å². The minimum absolute atomic E-state index is 0. The topological polar surface area (TPSA) is 71.4 Å².